The van der Waals surface area contributed by atoms with Crippen molar-refractivity contribution < 1.29 is 4.39 Å². The van der Waals surface area contributed by atoms with Crippen molar-refractivity contribution in [1.82, 2.24) is 5.32 Å². The summed E-state index contributed by atoms with van der Waals surface area (Å²) in [6, 6.07) is 4.46. The second kappa shape index (κ2) is 4.21. The molecule has 0 aromatic heterocycles. The number of alkyl halides is 1. The van der Waals surface area contributed by atoms with Crippen LogP contribution in [0, 0.1) is 5.82 Å². The lowest BCUT2D eigenvalue weighted by Gasteiger charge is -2.09. The highest BCUT2D eigenvalue weighted by Crippen LogP contribution is 2.24. The smallest absolute Gasteiger partial charge is 0.128 e. The molecule has 0 bridgehead atoms. The first kappa shape index (κ1) is 9.96. The quantitative estimate of drug-likeness (QED) is 0.630. The molecule has 12 heavy (non-hydrogen) atoms. The second-order valence-electron chi connectivity index (χ2n) is 2.32. The monoisotopic (exact) mass is 251 g/mol. The normalized spacial score (nSPS) is 13.0. The van der Waals surface area contributed by atoms with Gasteiger partial charge in [0, 0.05) is 10.6 Å². The van der Waals surface area contributed by atoms with E-state index in [4.69, 9.17) is 11.6 Å². The van der Waals surface area contributed by atoms with Crippen LogP contribution in [0.25, 0.3) is 0 Å². The van der Waals surface area contributed by atoms with Gasteiger partial charge in [-0.3, -0.25) is 0 Å². The molecule has 1 aromatic rings. The van der Waals surface area contributed by atoms with Gasteiger partial charge >= 0.3 is 0 Å². The third kappa shape index (κ3) is 2.19. The van der Waals surface area contributed by atoms with Gasteiger partial charge in [0.1, 0.15) is 5.82 Å². The van der Waals surface area contributed by atoms with Crippen LogP contribution in [0.1, 0.15) is 10.5 Å². The van der Waals surface area contributed by atoms with Crippen LogP contribution < -0.4 is 5.32 Å². The summed E-state index contributed by atoms with van der Waals surface area (Å²) in [6.45, 7) is 0. The molecule has 0 amide bonds. The third-order valence-electron chi connectivity index (χ3n) is 1.48. The highest BCUT2D eigenvalue weighted by atomic mass is 79.9. The Labute approximate surface area is 84.0 Å². The van der Waals surface area contributed by atoms with Gasteiger partial charge in [0.05, 0.1) is 4.95 Å². The molecule has 0 radical (unpaired) electrons. The van der Waals surface area contributed by atoms with Crippen molar-refractivity contribution in [2.45, 2.75) is 4.95 Å². The zero-order valence-electron chi connectivity index (χ0n) is 6.44. The van der Waals surface area contributed by atoms with Crippen molar-refractivity contribution in [2.75, 3.05) is 7.05 Å². The van der Waals surface area contributed by atoms with Crippen LogP contribution in [0.2, 0.25) is 5.02 Å². The average Bonchev–Trinajstić information content (AvgIpc) is 2.08. The Kier molecular flexibility index (Phi) is 3.50. The minimum absolute atomic E-state index is 0.198. The fraction of sp³-hybridized carbons (Fsp3) is 0.250. The number of hydrogen-bond acceptors (Lipinski definition) is 1. The first-order valence-electron chi connectivity index (χ1n) is 3.41. The van der Waals surface area contributed by atoms with E-state index in [0.717, 1.165) is 0 Å². The molecule has 0 fully saturated rings. The Hall–Kier alpha value is -0.120. The fourth-order valence-corrected chi connectivity index (χ4v) is 1.40. The van der Waals surface area contributed by atoms with E-state index in [0.29, 0.717) is 10.6 Å². The predicted octanol–water partition coefficient (Wildman–Crippen LogP) is 3.09. The Morgan fingerprint density at radius 2 is 2.25 bits per heavy atom. The van der Waals surface area contributed by atoms with E-state index in [1.807, 2.05) is 0 Å². The molecule has 1 nitrogen and oxygen atoms in total. The maximum atomic E-state index is 13.1. The lowest BCUT2D eigenvalue weighted by atomic mass is 10.2. The SMILES string of the molecule is CNC(Br)c1cc(Cl)ccc1F. The molecule has 0 saturated heterocycles. The van der Waals surface area contributed by atoms with Gasteiger partial charge in [0.15, 0.2) is 0 Å². The maximum absolute atomic E-state index is 13.1. The molecule has 0 aliphatic heterocycles. The van der Waals surface area contributed by atoms with E-state index in [9.17, 15) is 4.39 Å². The lowest BCUT2D eigenvalue weighted by molar-refractivity contribution is 0.600. The molecule has 0 aliphatic carbocycles. The summed E-state index contributed by atoms with van der Waals surface area (Å²) < 4.78 is 13.1. The van der Waals surface area contributed by atoms with Gasteiger partial charge < -0.3 is 5.32 Å². The second-order valence-corrected chi connectivity index (χ2v) is 3.67. The van der Waals surface area contributed by atoms with E-state index in [1.54, 1.807) is 13.1 Å². The molecular formula is C8H8BrClFN. The van der Waals surface area contributed by atoms with Crippen LogP contribution in [0.4, 0.5) is 4.39 Å². The molecule has 0 spiro atoms. The minimum atomic E-state index is -0.268. The highest BCUT2D eigenvalue weighted by Gasteiger charge is 2.10. The number of benzene rings is 1. The van der Waals surface area contributed by atoms with Gasteiger partial charge in [-0.05, 0) is 25.2 Å². The third-order valence-corrected chi connectivity index (χ3v) is 2.67. The van der Waals surface area contributed by atoms with Gasteiger partial charge in [-0.25, -0.2) is 4.39 Å². The zero-order valence-corrected chi connectivity index (χ0v) is 8.79. The minimum Gasteiger partial charge on any atom is -0.304 e. The van der Waals surface area contributed by atoms with Crippen LogP contribution in [-0.4, -0.2) is 7.05 Å². The molecular weight excluding hydrogens is 244 g/mol. The average molecular weight is 253 g/mol. The van der Waals surface area contributed by atoms with Crippen LogP contribution in [-0.2, 0) is 0 Å². The van der Waals surface area contributed by atoms with Crippen molar-refractivity contribution in [2.24, 2.45) is 0 Å². The number of nitrogens with one attached hydrogen (secondary N) is 1. The predicted molar refractivity (Wildman–Crippen MR) is 52.1 cm³/mol. The van der Waals surface area contributed by atoms with Gasteiger partial charge in [-0.15, -0.1) is 0 Å². The molecule has 1 unspecified atom stereocenters. The van der Waals surface area contributed by atoms with Crippen LogP contribution in [0.5, 0.6) is 0 Å². The fourth-order valence-electron chi connectivity index (χ4n) is 0.864. The topological polar surface area (TPSA) is 12.0 Å². The van der Waals surface area contributed by atoms with E-state index >= 15 is 0 Å². The zero-order chi connectivity index (χ0) is 9.14. The summed E-state index contributed by atoms with van der Waals surface area (Å²) in [4.78, 5) is -0.198. The molecule has 0 heterocycles. The molecule has 1 N–H and O–H groups in total. The van der Waals surface area contributed by atoms with Crippen molar-refractivity contribution in [3.8, 4) is 0 Å². The molecule has 0 aliphatic rings. The Morgan fingerprint density at radius 1 is 1.58 bits per heavy atom. The van der Waals surface area contributed by atoms with Gasteiger partial charge in [-0.1, -0.05) is 27.5 Å². The van der Waals surface area contributed by atoms with Crippen molar-refractivity contribution in [3.63, 3.8) is 0 Å². The van der Waals surface area contributed by atoms with Crippen molar-refractivity contribution in [3.05, 3.63) is 34.6 Å². The van der Waals surface area contributed by atoms with E-state index in [2.05, 4.69) is 21.2 Å². The summed E-state index contributed by atoms with van der Waals surface area (Å²) in [5, 5.41) is 3.40. The molecule has 4 heteroatoms. The standard InChI is InChI=1S/C8H8BrClFN/c1-12-8(9)6-4-5(10)2-3-7(6)11/h2-4,8,12H,1H3. The van der Waals surface area contributed by atoms with Gasteiger partial charge in [-0.2, -0.15) is 0 Å². The van der Waals surface area contributed by atoms with Gasteiger partial charge in [0.25, 0.3) is 0 Å². The number of rotatable bonds is 2. The summed E-state index contributed by atoms with van der Waals surface area (Å²) in [6.07, 6.45) is 0. The largest absolute Gasteiger partial charge is 0.304 e. The van der Waals surface area contributed by atoms with E-state index < -0.39 is 0 Å². The number of hydrogen-bond donors (Lipinski definition) is 1. The Morgan fingerprint density at radius 3 is 2.83 bits per heavy atom. The van der Waals surface area contributed by atoms with Crippen molar-refractivity contribution in [1.29, 1.82) is 0 Å². The van der Waals surface area contributed by atoms with Crippen LogP contribution >= 0.6 is 27.5 Å². The maximum Gasteiger partial charge on any atom is 0.128 e. The molecule has 0 saturated carbocycles. The van der Waals surface area contributed by atoms with Gasteiger partial charge in [0.2, 0.25) is 0 Å². The molecule has 1 rings (SSSR count). The molecule has 1 atom stereocenters. The summed E-state index contributed by atoms with van der Waals surface area (Å²) in [7, 11) is 1.74. The Balaban J connectivity index is 3.04. The summed E-state index contributed by atoms with van der Waals surface area (Å²) >= 11 is 8.96. The van der Waals surface area contributed by atoms with Crippen LogP contribution in [0.15, 0.2) is 18.2 Å². The van der Waals surface area contributed by atoms with E-state index in [-0.39, 0.29) is 10.8 Å². The highest BCUT2D eigenvalue weighted by molar-refractivity contribution is 9.09. The Bertz CT molecular complexity index is 280. The van der Waals surface area contributed by atoms with Crippen molar-refractivity contribution >= 4 is 27.5 Å². The first-order chi connectivity index (χ1) is 5.65. The summed E-state index contributed by atoms with van der Waals surface area (Å²) in [5.74, 6) is -0.268. The molecule has 1 aromatic carbocycles. The molecule has 66 valence electrons. The van der Waals surface area contributed by atoms with Crippen LogP contribution in [0.3, 0.4) is 0 Å². The summed E-state index contributed by atoms with van der Waals surface area (Å²) in [5.41, 5.74) is 0.519. The number of halogens is 3. The van der Waals surface area contributed by atoms with E-state index in [1.165, 1.54) is 12.1 Å². The first-order valence-corrected chi connectivity index (χ1v) is 4.71. The lowest BCUT2D eigenvalue weighted by Crippen LogP contribution is -2.10.